The Morgan fingerprint density at radius 2 is 2.25 bits per heavy atom. The van der Waals surface area contributed by atoms with E-state index in [-0.39, 0.29) is 11.9 Å². The first-order valence-electron chi connectivity index (χ1n) is 8.64. The molecule has 1 fully saturated rings. The van der Waals surface area contributed by atoms with E-state index in [2.05, 4.69) is 34.1 Å². The molecule has 0 radical (unpaired) electrons. The zero-order valence-electron chi connectivity index (χ0n) is 14.4. The quantitative estimate of drug-likeness (QED) is 0.868. The van der Waals surface area contributed by atoms with Crippen LogP contribution in [0.4, 0.5) is 0 Å². The van der Waals surface area contributed by atoms with Crippen molar-refractivity contribution in [3.63, 3.8) is 0 Å². The molecule has 1 aliphatic heterocycles. The molecule has 1 saturated heterocycles. The van der Waals surface area contributed by atoms with Crippen LogP contribution in [-0.2, 0) is 11.3 Å². The molecule has 7 heteroatoms. The molecule has 2 aromatic rings. The minimum atomic E-state index is -0.135. The van der Waals surface area contributed by atoms with Gasteiger partial charge in [0.25, 0.3) is 5.91 Å². The van der Waals surface area contributed by atoms with Crippen LogP contribution in [-0.4, -0.2) is 57.8 Å². The fourth-order valence-electron chi connectivity index (χ4n) is 2.98. The maximum Gasteiger partial charge on any atom is 0.257 e. The van der Waals surface area contributed by atoms with E-state index in [1.54, 1.807) is 10.7 Å². The van der Waals surface area contributed by atoms with Gasteiger partial charge in [-0.15, -0.1) is 0 Å². The van der Waals surface area contributed by atoms with Crippen LogP contribution in [0.2, 0.25) is 0 Å². The molecule has 1 unspecified atom stereocenters. The molecule has 1 N–H and O–H groups in total. The Balaban J connectivity index is 1.74. The number of carbonyl (C=O) groups is 1. The van der Waals surface area contributed by atoms with E-state index in [9.17, 15) is 4.79 Å². The van der Waals surface area contributed by atoms with Crippen LogP contribution in [0.15, 0.2) is 18.6 Å². The predicted molar refractivity (Wildman–Crippen MR) is 90.9 cm³/mol. The minimum Gasteiger partial charge on any atom is -0.379 e. The lowest BCUT2D eigenvalue weighted by atomic mass is 10.1. The van der Waals surface area contributed by atoms with Gasteiger partial charge in [0.2, 0.25) is 0 Å². The molecule has 1 atom stereocenters. The van der Waals surface area contributed by atoms with Gasteiger partial charge in [0.05, 0.1) is 18.8 Å². The summed E-state index contributed by atoms with van der Waals surface area (Å²) in [6.45, 7) is 8.44. The molecule has 3 heterocycles. The largest absolute Gasteiger partial charge is 0.379 e. The maximum atomic E-state index is 12.5. The van der Waals surface area contributed by atoms with Crippen molar-refractivity contribution in [1.82, 2.24) is 24.8 Å². The van der Waals surface area contributed by atoms with E-state index in [4.69, 9.17) is 4.74 Å². The van der Waals surface area contributed by atoms with Gasteiger partial charge in [0.15, 0.2) is 5.65 Å². The Morgan fingerprint density at radius 1 is 1.42 bits per heavy atom. The van der Waals surface area contributed by atoms with Crippen LogP contribution in [0.5, 0.6) is 0 Å². The topological polar surface area (TPSA) is 71.8 Å². The molecule has 0 spiro atoms. The van der Waals surface area contributed by atoms with Gasteiger partial charge in [0, 0.05) is 31.1 Å². The summed E-state index contributed by atoms with van der Waals surface area (Å²) in [6.07, 6.45) is 7.29. The summed E-state index contributed by atoms with van der Waals surface area (Å²) < 4.78 is 7.09. The van der Waals surface area contributed by atoms with E-state index in [0.717, 1.165) is 44.6 Å². The SMILES string of the molecule is CCN(CC)Cc1cnc2c(C(=O)NC3CCCOC3)cnn2c1. The van der Waals surface area contributed by atoms with E-state index >= 15 is 0 Å². The van der Waals surface area contributed by atoms with Crippen molar-refractivity contribution in [3.05, 3.63) is 29.7 Å². The number of carbonyl (C=O) groups excluding carboxylic acids is 1. The van der Waals surface area contributed by atoms with Crippen LogP contribution < -0.4 is 5.32 Å². The number of hydrogen-bond donors (Lipinski definition) is 1. The molecular formula is C17H25N5O2. The van der Waals surface area contributed by atoms with E-state index in [1.807, 2.05) is 12.4 Å². The van der Waals surface area contributed by atoms with Gasteiger partial charge < -0.3 is 10.1 Å². The highest BCUT2D eigenvalue weighted by Gasteiger charge is 2.20. The zero-order valence-corrected chi connectivity index (χ0v) is 14.4. The van der Waals surface area contributed by atoms with Gasteiger partial charge in [-0.1, -0.05) is 13.8 Å². The van der Waals surface area contributed by atoms with Gasteiger partial charge in [-0.05, 0) is 25.9 Å². The second kappa shape index (κ2) is 7.72. The van der Waals surface area contributed by atoms with Crippen LogP contribution >= 0.6 is 0 Å². The van der Waals surface area contributed by atoms with Crippen LogP contribution in [0.1, 0.15) is 42.6 Å². The summed E-state index contributed by atoms with van der Waals surface area (Å²) in [5.41, 5.74) is 2.18. The summed E-state index contributed by atoms with van der Waals surface area (Å²) in [5.74, 6) is -0.135. The Morgan fingerprint density at radius 3 is 2.96 bits per heavy atom. The number of rotatable bonds is 6. The number of aromatic nitrogens is 3. The number of nitrogens with zero attached hydrogens (tertiary/aromatic N) is 4. The Hall–Kier alpha value is -1.99. The molecular weight excluding hydrogens is 306 g/mol. The smallest absolute Gasteiger partial charge is 0.257 e. The molecule has 7 nitrogen and oxygen atoms in total. The summed E-state index contributed by atoms with van der Waals surface area (Å²) in [7, 11) is 0. The van der Waals surface area contributed by atoms with Gasteiger partial charge >= 0.3 is 0 Å². The minimum absolute atomic E-state index is 0.0724. The van der Waals surface area contributed by atoms with Crippen molar-refractivity contribution in [3.8, 4) is 0 Å². The van der Waals surface area contributed by atoms with Crippen molar-refractivity contribution in [1.29, 1.82) is 0 Å². The first kappa shape index (κ1) is 16.9. The van der Waals surface area contributed by atoms with Crippen LogP contribution in [0.3, 0.4) is 0 Å². The average molecular weight is 331 g/mol. The zero-order chi connectivity index (χ0) is 16.9. The van der Waals surface area contributed by atoms with Crippen molar-refractivity contribution >= 4 is 11.6 Å². The molecule has 130 valence electrons. The second-order valence-electron chi connectivity index (χ2n) is 6.14. The number of nitrogens with one attached hydrogen (secondary N) is 1. The Bertz CT molecular complexity index is 689. The van der Waals surface area contributed by atoms with Crippen LogP contribution in [0.25, 0.3) is 5.65 Å². The molecule has 24 heavy (non-hydrogen) atoms. The summed E-state index contributed by atoms with van der Waals surface area (Å²) in [6, 6.07) is 0.0724. The third-order valence-electron chi connectivity index (χ3n) is 4.45. The fraction of sp³-hybridized carbons (Fsp3) is 0.588. The standard InChI is InChI=1S/C17H25N5O2/c1-3-21(4-2)10-13-8-18-16-15(9-19-22(16)11-13)17(23)20-14-6-5-7-24-12-14/h8-9,11,14H,3-7,10,12H2,1-2H3,(H,20,23). The number of fused-ring (bicyclic) bond motifs is 1. The van der Waals surface area contributed by atoms with Gasteiger partial charge in [-0.25, -0.2) is 9.50 Å². The number of ether oxygens (including phenoxy) is 1. The first-order valence-corrected chi connectivity index (χ1v) is 8.64. The maximum absolute atomic E-state index is 12.5. The first-order chi connectivity index (χ1) is 11.7. The molecule has 0 aliphatic carbocycles. The van der Waals surface area contributed by atoms with Crippen molar-refractivity contribution < 1.29 is 9.53 Å². The third kappa shape index (κ3) is 3.73. The summed E-state index contributed by atoms with van der Waals surface area (Å²) in [4.78, 5) is 19.2. The Labute approximate surface area is 142 Å². The van der Waals surface area contributed by atoms with Gasteiger partial charge in [-0.2, -0.15) is 5.10 Å². The third-order valence-corrected chi connectivity index (χ3v) is 4.45. The molecule has 1 amide bonds. The number of hydrogen-bond acceptors (Lipinski definition) is 5. The van der Waals surface area contributed by atoms with E-state index < -0.39 is 0 Å². The van der Waals surface area contributed by atoms with Crippen LogP contribution in [0, 0.1) is 0 Å². The number of amides is 1. The second-order valence-corrected chi connectivity index (χ2v) is 6.14. The lowest BCUT2D eigenvalue weighted by molar-refractivity contribution is 0.0625. The monoisotopic (exact) mass is 331 g/mol. The Kier molecular flexibility index (Phi) is 5.42. The lowest BCUT2D eigenvalue weighted by Crippen LogP contribution is -2.40. The van der Waals surface area contributed by atoms with Crippen molar-refractivity contribution in [2.24, 2.45) is 0 Å². The highest BCUT2D eigenvalue weighted by atomic mass is 16.5. The predicted octanol–water partition coefficient (Wildman–Crippen LogP) is 1.48. The molecule has 0 aromatic carbocycles. The molecule has 2 aromatic heterocycles. The van der Waals surface area contributed by atoms with Gasteiger partial charge in [0.1, 0.15) is 5.56 Å². The van der Waals surface area contributed by atoms with Crippen molar-refractivity contribution in [2.45, 2.75) is 39.3 Å². The van der Waals surface area contributed by atoms with E-state index in [1.165, 1.54) is 0 Å². The normalized spacial score (nSPS) is 18.2. The average Bonchev–Trinajstić information content (AvgIpc) is 3.03. The highest BCUT2D eigenvalue weighted by molar-refractivity contribution is 5.99. The summed E-state index contributed by atoms with van der Waals surface area (Å²) in [5, 5.41) is 7.31. The molecule has 3 rings (SSSR count). The van der Waals surface area contributed by atoms with E-state index in [0.29, 0.717) is 17.8 Å². The molecule has 1 aliphatic rings. The fourth-order valence-corrected chi connectivity index (χ4v) is 2.98. The lowest BCUT2D eigenvalue weighted by Gasteiger charge is -2.22. The molecule has 0 bridgehead atoms. The van der Waals surface area contributed by atoms with Crippen molar-refractivity contribution in [2.75, 3.05) is 26.3 Å². The molecule has 0 saturated carbocycles. The highest BCUT2D eigenvalue weighted by Crippen LogP contribution is 2.12. The van der Waals surface area contributed by atoms with Gasteiger partial charge in [-0.3, -0.25) is 9.69 Å². The summed E-state index contributed by atoms with van der Waals surface area (Å²) >= 11 is 0.